The Hall–Kier alpha value is -2.70. The van der Waals surface area contributed by atoms with E-state index >= 15 is 0 Å². The summed E-state index contributed by atoms with van der Waals surface area (Å²) in [7, 11) is 0. The van der Waals surface area contributed by atoms with Crippen molar-refractivity contribution >= 4 is 16.9 Å². The molecule has 1 N–H and O–H groups in total. The molecular formula is C27H33N3O3. The smallest absolute Gasteiger partial charge is 0.289 e. The first-order chi connectivity index (χ1) is 15.9. The van der Waals surface area contributed by atoms with Gasteiger partial charge in [0.1, 0.15) is 5.58 Å². The van der Waals surface area contributed by atoms with Gasteiger partial charge in [-0.3, -0.25) is 14.7 Å². The van der Waals surface area contributed by atoms with Crippen LogP contribution in [0.5, 0.6) is 0 Å². The number of β-amino-alcohol motifs (C(OH)–C–C–N with tert-alkyl or cyclic N) is 1. The van der Waals surface area contributed by atoms with Gasteiger partial charge in [-0.05, 0) is 69.8 Å². The monoisotopic (exact) mass is 447 g/mol. The number of hydrogen-bond donors (Lipinski definition) is 1. The molecule has 1 atom stereocenters. The molecule has 6 nitrogen and oxygen atoms in total. The Kier molecular flexibility index (Phi) is 5.97. The minimum atomic E-state index is -0.783. The molecule has 0 radical (unpaired) electrons. The van der Waals surface area contributed by atoms with Crippen molar-refractivity contribution in [3.63, 3.8) is 0 Å². The van der Waals surface area contributed by atoms with E-state index in [1.807, 2.05) is 49.3 Å². The van der Waals surface area contributed by atoms with E-state index in [1.165, 1.54) is 12.0 Å². The fourth-order valence-electron chi connectivity index (χ4n) is 5.48. The van der Waals surface area contributed by atoms with E-state index in [1.54, 1.807) is 0 Å². The summed E-state index contributed by atoms with van der Waals surface area (Å²) in [5, 5.41) is 12.4. The van der Waals surface area contributed by atoms with Gasteiger partial charge in [0.15, 0.2) is 5.76 Å². The number of aliphatic hydroxyl groups is 1. The molecule has 1 aromatic carbocycles. The van der Waals surface area contributed by atoms with Crippen LogP contribution < -0.4 is 0 Å². The van der Waals surface area contributed by atoms with Crippen LogP contribution in [0, 0.1) is 13.8 Å². The number of aromatic nitrogens is 1. The van der Waals surface area contributed by atoms with Crippen LogP contribution >= 0.6 is 0 Å². The van der Waals surface area contributed by atoms with Gasteiger partial charge in [0, 0.05) is 49.0 Å². The summed E-state index contributed by atoms with van der Waals surface area (Å²) in [5.41, 5.74) is 3.24. The van der Waals surface area contributed by atoms with Crippen molar-refractivity contribution in [3.8, 4) is 0 Å². The number of benzene rings is 1. The molecule has 2 fully saturated rings. The lowest BCUT2D eigenvalue weighted by molar-refractivity contribution is -0.0543. The first-order valence-corrected chi connectivity index (χ1v) is 12.1. The number of furan rings is 1. The van der Waals surface area contributed by atoms with Crippen molar-refractivity contribution in [2.45, 2.75) is 57.6 Å². The van der Waals surface area contributed by atoms with E-state index in [0.29, 0.717) is 44.3 Å². The van der Waals surface area contributed by atoms with E-state index in [-0.39, 0.29) is 5.91 Å². The maximum Gasteiger partial charge on any atom is 0.289 e. The van der Waals surface area contributed by atoms with Gasteiger partial charge in [0.25, 0.3) is 5.91 Å². The van der Waals surface area contributed by atoms with Crippen molar-refractivity contribution in [2.75, 3.05) is 26.2 Å². The highest BCUT2D eigenvalue weighted by Gasteiger charge is 2.39. The fraction of sp³-hybridized carbons (Fsp3) is 0.481. The average Bonchev–Trinajstić information content (AvgIpc) is 3.15. The third-order valence-corrected chi connectivity index (χ3v) is 7.45. The number of rotatable bonds is 4. The predicted octanol–water partition coefficient (Wildman–Crippen LogP) is 4.64. The average molecular weight is 448 g/mol. The highest BCUT2D eigenvalue weighted by molar-refractivity contribution is 5.99. The number of nitrogens with zero attached hydrogens (tertiary/aromatic N) is 3. The zero-order valence-corrected chi connectivity index (χ0v) is 19.6. The summed E-state index contributed by atoms with van der Waals surface area (Å²) in [6.45, 7) is 6.69. The Labute approximate surface area is 195 Å². The first kappa shape index (κ1) is 22.1. The number of fused-ring (bicyclic) bond motifs is 1. The molecule has 33 heavy (non-hydrogen) atoms. The second kappa shape index (κ2) is 8.92. The standard InChI is InChI=1S/C27H33N3O3/c1-19-8-9-24-22(16-19)20(2)25(33-24)26(31)29-14-10-27(32,11-15-29)18-30-13-4-3-7-23(30)21-6-5-12-28-17-21/h5-6,8-9,12,16-17,23,32H,3-4,7,10-11,13-15,18H2,1-2H3/t23-/m0/s1. The maximum atomic E-state index is 13.2. The minimum absolute atomic E-state index is 0.0744. The zero-order valence-electron chi connectivity index (χ0n) is 19.6. The predicted molar refractivity (Wildman–Crippen MR) is 128 cm³/mol. The quantitative estimate of drug-likeness (QED) is 0.631. The molecule has 1 amide bonds. The summed E-state index contributed by atoms with van der Waals surface area (Å²) in [6.07, 6.45) is 8.36. The molecule has 0 bridgehead atoms. The topological polar surface area (TPSA) is 69.8 Å². The van der Waals surface area contributed by atoms with Crippen molar-refractivity contribution in [1.82, 2.24) is 14.8 Å². The first-order valence-electron chi connectivity index (χ1n) is 12.1. The molecule has 0 aliphatic carbocycles. The van der Waals surface area contributed by atoms with E-state index < -0.39 is 5.60 Å². The van der Waals surface area contributed by atoms with Crippen LogP contribution in [0.25, 0.3) is 11.0 Å². The molecule has 4 heterocycles. The molecule has 0 saturated carbocycles. The highest BCUT2D eigenvalue weighted by atomic mass is 16.3. The number of aryl methyl sites for hydroxylation is 2. The van der Waals surface area contributed by atoms with Gasteiger partial charge >= 0.3 is 0 Å². The number of likely N-dealkylation sites (tertiary alicyclic amines) is 2. The van der Waals surface area contributed by atoms with Crippen molar-refractivity contribution in [1.29, 1.82) is 0 Å². The number of piperidine rings is 2. The van der Waals surface area contributed by atoms with E-state index in [9.17, 15) is 9.90 Å². The van der Waals surface area contributed by atoms with Gasteiger partial charge < -0.3 is 14.4 Å². The Bertz CT molecular complexity index is 1130. The van der Waals surface area contributed by atoms with Gasteiger partial charge in [-0.25, -0.2) is 0 Å². The normalized spacial score (nSPS) is 21.4. The molecule has 2 aromatic heterocycles. The Morgan fingerprint density at radius 3 is 2.76 bits per heavy atom. The lowest BCUT2D eigenvalue weighted by atomic mass is 9.88. The molecule has 0 spiro atoms. The van der Waals surface area contributed by atoms with Crippen LogP contribution in [-0.2, 0) is 0 Å². The van der Waals surface area contributed by atoms with E-state index in [4.69, 9.17) is 4.42 Å². The van der Waals surface area contributed by atoms with E-state index in [0.717, 1.165) is 41.5 Å². The third-order valence-electron chi connectivity index (χ3n) is 7.45. The second-order valence-corrected chi connectivity index (χ2v) is 9.84. The van der Waals surface area contributed by atoms with Crippen molar-refractivity contribution in [2.24, 2.45) is 0 Å². The molecule has 2 saturated heterocycles. The number of carbonyl (C=O) groups excluding carboxylic acids is 1. The Morgan fingerprint density at radius 2 is 2.00 bits per heavy atom. The fourth-order valence-corrected chi connectivity index (χ4v) is 5.48. The number of amides is 1. The van der Waals surface area contributed by atoms with Crippen LogP contribution in [0.1, 0.15) is 65.4 Å². The van der Waals surface area contributed by atoms with E-state index in [2.05, 4.69) is 22.0 Å². The molecule has 0 unspecified atom stereocenters. The number of carbonyl (C=O) groups is 1. The Morgan fingerprint density at radius 1 is 1.18 bits per heavy atom. The van der Waals surface area contributed by atoms with Gasteiger partial charge in [-0.15, -0.1) is 0 Å². The summed E-state index contributed by atoms with van der Waals surface area (Å²) >= 11 is 0. The third kappa shape index (κ3) is 4.42. The Balaban J connectivity index is 1.26. The highest BCUT2D eigenvalue weighted by Crippen LogP contribution is 2.35. The van der Waals surface area contributed by atoms with Crippen molar-refractivity contribution in [3.05, 3.63) is 65.2 Å². The SMILES string of the molecule is Cc1ccc2oc(C(=O)N3CCC(O)(CN4CCCC[C@H]4c4cccnc4)CC3)c(C)c2c1. The maximum absolute atomic E-state index is 13.2. The molecule has 174 valence electrons. The van der Waals surface area contributed by atoms with Gasteiger partial charge in [-0.1, -0.05) is 24.1 Å². The van der Waals surface area contributed by atoms with Gasteiger partial charge in [-0.2, -0.15) is 0 Å². The minimum Gasteiger partial charge on any atom is -0.451 e. The largest absolute Gasteiger partial charge is 0.451 e. The molecular weight excluding hydrogens is 414 g/mol. The molecule has 5 rings (SSSR count). The second-order valence-electron chi connectivity index (χ2n) is 9.84. The van der Waals surface area contributed by atoms with Crippen LogP contribution in [0.4, 0.5) is 0 Å². The summed E-state index contributed by atoms with van der Waals surface area (Å²) < 4.78 is 5.94. The molecule has 3 aromatic rings. The van der Waals surface area contributed by atoms with Gasteiger partial charge in [0.05, 0.1) is 5.60 Å². The van der Waals surface area contributed by atoms with Crippen LogP contribution in [-0.4, -0.2) is 57.6 Å². The molecule has 6 heteroatoms. The summed E-state index contributed by atoms with van der Waals surface area (Å²) in [4.78, 5) is 21.8. The summed E-state index contributed by atoms with van der Waals surface area (Å²) in [5.74, 6) is 0.350. The van der Waals surface area contributed by atoms with Crippen molar-refractivity contribution < 1.29 is 14.3 Å². The van der Waals surface area contributed by atoms with Crippen LogP contribution in [0.3, 0.4) is 0 Å². The zero-order chi connectivity index (χ0) is 23.0. The summed E-state index contributed by atoms with van der Waals surface area (Å²) in [6, 6.07) is 10.4. The number of pyridine rings is 1. The van der Waals surface area contributed by atoms with Gasteiger partial charge in [0.2, 0.25) is 0 Å². The molecule has 2 aliphatic rings. The van der Waals surface area contributed by atoms with Crippen LogP contribution in [0.15, 0.2) is 47.1 Å². The van der Waals surface area contributed by atoms with Crippen LogP contribution in [0.2, 0.25) is 0 Å². The molecule has 2 aliphatic heterocycles. The lowest BCUT2D eigenvalue weighted by Crippen LogP contribution is -2.53. The lowest BCUT2D eigenvalue weighted by Gasteiger charge is -2.44. The number of hydrogen-bond acceptors (Lipinski definition) is 5.